The zero-order chi connectivity index (χ0) is 21.0. The molecule has 0 aliphatic rings. The van der Waals surface area contributed by atoms with Crippen molar-refractivity contribution < 1.29 is 14.3 Å². The molecule has 0 fully saturated rings. The normalized spacial score (nSPS) is 10.8. The first-order chi connectivity index (χ1) is 13.9. The number of rotatable bonds is 7. The van der Waals surface area contributed by atoms with E-state index in [9.17, 15) is 4.79 Å². The maximum Gasteiger partial charge on any atom is 0.264 e. The van der Waals surface area contributed by atoms with Gasteiger partial charge in [-0.2, -0.15) is 0 Å². The van der Waals surface area contributed by atoms with Gasteiger partial charge in [-0.15, -0.1) is 11.3 Å². The van der Waals surface area contributed by atoms with Gasteiger partial charge in [0.25, 0.3) is 5.91 Å². The quantitative estimate of drug-likeness (QED) is 0.453. The molecule has 1 amide bonds. The average Bonchev–Trinajstić information content (AvgIpc) is 3.16. The van der Waals surface area contributed by atoms with E-state index in [4.69, 9.17) is 9.47 Å². The van der Waals surface area contributed by atoms with Crippen molar-refractivity contribution in [1.29, 1.82) is 0 Å². The van der Waals surface area contributed by atoms with Crippen LogP contribution in [0, 0.1) is 6.92 Å². The van der Waals surface area contributed by atoms with Crippen LogP contribution in [0.3, 0.4) is 0 Å². The molecule has 29 heavy (non-hydrogen) atoms. The van der Waals surface area contributed by atoms with Crippen LogP contribution in [-0.2, 0) is 4.79 Å². The highest BCUT2D eigenvalue weighted by Gasteiger charge is 2.14. The van der Waals surface area contributed by atoms with Gasteiger partial charge in [0.05, 0.1) is 12.8 Å². The Morgan fingerprint density at radius 1 is 1.24 bits per heavy atom. The van der Waals surface area contributed by atoms with Crippen LogP contribution in [-0.4, -0.2) is 24.6 Å². The number of aryl methyl sites for hydroxylation is 1. The Morgan fingerprint density at radius 2 is 2.00 bits per heavy atom. The minimum atomic E-state index is -0.249. The number of nitrogens with one attached hydrogen (secondary N) is 1. The van der Waals surface area contributed by atoms with Gasteiger partial charge in [0.2, 0.25) is 0 Å². The lowest BCUT2D eigenvalue weighted by Crippen LogP contribution is -2.20. The minimum Gasteiger partial charge on any atom is -0.496 e. The predicted molar refractivity (Wildman–Crippen MR) is 121 cm³/mol. The molecule has 0 atom stereocenters. The third kappa shape index (κ3) is 5.16. The summed E-state index contributed by atoms with van der Waals surface area (Å²) in [5.41, 5.74) is 3.76. The SMILES string of the molecule is COc1ccccc1-c1csc(NC(=O)COc2cc(C)c(Br)cc2C(C)C)n1. The van der Waals surface area contributed by atoms with Gasteiger partial charge >= 0.3 is 0 Å². The van der Waals surface area contributed by atoms with Crippen LogP contribution in [0.1, 0.15) is 30.9 Å². The number of aromatic nitrogens is 1. The van der Waals surface area contributed by atoms with Crippen molar-refractivity contribution in [3.05, 3.63) is 57.4 Å². The lowest BCUT2D eigenvalue weighted by Gasteiger charge is -2.15. The van der Waals surface area contributed by atoms with Gasteiger partial charge in [-0.3, -0.25) is 10.1 Å². The zero-order valence-corrected chi connectivity index (χ0v) is 19.2. The Bertz CT molecular complexity index is 1020. The third-order valence-corrected chi connectivity index (χ3v) is 6.02. The first-order valence-corrected chi connectivity index (χ1v) is 10.9. The third-order valence-electron chi connectivity index (χ3n) is 4.41. The minimum absolute atomic E-state index is 0.0790. The van der Waals surface area contributed by atoms with Gasteiger partial charge in [-0.05, 0) is 48.2 Å². The summed E-state index contributed by atoms with van der Waals surface area (Å²) in [6.45, 7) is 6.11. The molecule has 5 nitrogen and oxygen atoms in total. The number of ether oxygens (including phenoxy) is 2. The van der Waals surface area contributed by atoms with E-state index in [1.165, 1.54) is 11.3 Å². The summed E-state index contributed by atoms with van der Waals surface area (Å²) in [5, 5.41) is 5.22. The molecule has 0 unspecified atom stereocenters. The lowest BCUT2D eigenvalue weighted by molar-refractivity contribution is -0.118. The molecular formula is C22H23BrN2O3S. The number of para-hydroxylation sites is 1. The van der Waals surface area contributed by atoms with Crippen molar-refractivity contribution in [2.45, 2.75) is 26.7 Å². The summed E-state index contributed by atoms with van der Waals surface area (Å²) in [5.74, 6) is 1.50. The van der Waals surface area contributed by atoms with Crippen molar-refractivity contribution in [3.63, 3.8) is 0 Å². The molecule has 0 aliphatic heterocycles. The van der Waals surface area contributed by atoms with Crippen LogP contribution in [0.15, 0.2) is 46.3 Å². The van der Waals surface area contributed by atoms with E-state index in [2.05, 4.69) is 40.1 Å². The molecule has 0 radical (unpaired) electrons. The Labute approximate surface area is 183 Å². The molecule has 0 bridgehead atoms. The number of nitrogens with zero attached hydrogens (tertiary/aromatic N) is 1. The fourth-order valence-electron chi connectivity index (χ4n) is 2.86. The average molecular weight is 475 g/mol. The highest BCUT2D eigenvalue weighted by molar-refractivity contribution is 9.10. The Morgan fingerprint density at radius 3 is 2.72 bits per heavy atom. The maximum absolute atomic E-state index is 12.4. The number of halogens is 1. The number of benzene rings is 2. The van der Waals surface area contributed by atoms with Crippen molar-refractivity contribution in [2.75, 3.05) is 19.0 Å². The Kier molecular flexibility index (Phi) is 6.92. The van der Waals surface area contributed by atoms with Gasteiger partial charge in [-0.25, -0.2) is 4.98 Å². The highest BCUT2D eigenvalue weighted by Crippen LogP contribution is 2.33. The van der Waals surface area contributed by atoms with Gasteiger partial charge < -0.3 is 9.47 Å². The second kappa shape index (κ2) is 9.41. The topological polar surface area (TPSA) is 60.5 Å². The number of carbonyl (C=O) groups is 1. The molecule has 1 N–H and O–H groups in total. The smallest absolute Gasteiger partial charge is 0.264 e. The van der Waals surface area contributed by atoms with E-state index >= 15 is 0 Å². The van der Waals surface area contributed by atoms with E-state index in [-0.39, 0.29) is 18.4 Å². The summed E-state index contributed by atoms with van der Waals surface area (Å²) >= 11 is 4.92. The molecule has 0 aliphatic carbocycles. The number of amides is 1. The molecule has 3 aromatic rings. The van der Waals surface area contributed by atoms with Crippen molar-refractivity contribution in [3.8, 4) is 22.8 Å². The number of carbonyl (C=O) groups excluding carboxylic acids is 1. The summed E-state index contributed by atoms with van der Waals surface area (Å²) in [4.78, 5) is 16.9. The van der Waals surface area contributed by atoms with Crippen molar-refractivity contribution in [2.24, 2.45) is 0 Å². The number of hydrogen-bond donors (Lipinski definition) is 1. The second-order valence-corrected chi connectivity index (χ2v) is 8.58. The van der Waals surface area contributed by atoms with Crippen LogP contribution < -0.4 is 14.8 Å². The number of methoxy groups -OCH3 is 1. The molecule has 3 rings (SSSR count). The van der Waals surface area contributed by atoms with Gasteiger partial charge in [0.1, 0.15) is 11.5 Å². The number of anilines is 1. The van der Waals surface area contributed by atoms with Crippen LogP contribution in [0.4, 0.5) is 5.13 Å². The molecule has 152 valence electrons. The first kappa shape index (κ1) is 21.3. The monoisotopic (exact) mass is 474 g/mol. The molecule has 1 aromatic heterocycles. The molecule has 0 spiro atoms. The summed E-state index contributed by atoms with van der Waals surface area (Å²) in [7, 11) is 1.63. The lowest BCUT2D eigenvalue weighted by atomic mass is 10.0. The Balaban J connectivity index is 1.67. The van der Waals surface area contributed by atoms with Gasteiger partial charge in [-0.1, -0.05) is 41.9 Å². The fraction of sp³-hybridized carbons (Fsp3) is 0.273. The zero-order valence-electron chi connectivity index (χ0n) is 16.8. The summed E-state index contributed by atoms with van der Waals surface area (Å²) in [6, 6.07) is 11.7. The molecule has 0 saturated carbocycles. The summed E-state index contributed by atoms with van der Waals surface area (Å²) in [6.07, 6.45) is 0. The van der Waals surface area contributed by atoms with Crippen LogP contribution in [0.2, 0.25) is 0 Å². The largest absolute Gasteiger partial charge is 0.496 e. The Hall–Kier alpha value is -2.38. The number of hydrogen-bond acceptors (Lipinski definition) is 5. The maximum atomic E-state index is 12.4. The highest BCUT2D eigenvalue weighted by atomic mass is 79.9. The molecule has 7 heteroatoms. The van der Waals surface area contributed by atoms with Crippen molar-refractivity contribution in [1.82, 2.24) is 4.98 Å². The van der Waals surface area contributed by atoms with E-state index in [0.29, 0.717) is 5.13 Å². The fourth-order valence-corrected chi connectivity index (χ4v) is 3.94. The van der Waals surface area contributed by atoms with E-state index < -0.39 is 0 Å². The van der Waals surface area contributed by atoms with E-state index in [1.807, 2.05) is 48.7 Å². The second-order valence-electron chi connectivity index (χ2n) is 6.87. The van der Waals surface area contributed by atoms with Gasteiger partial charge in [0, 0.05) is 15.4 Å². The van der Waals surface area contributed by atoms with Crippen molar-refractivity contribution >= 4 is 38.3 Å². The van der Waals surface area contributed by atoms with Crippen LogP contribution in [0.5, 0.6) is 11.5 Å². The molecule has 1 heterocycles. The predicted octanol–water partition coefficient (Wildman–Crippen LogP) is 6.03. The van der Waals surface area contributed by atoms with E-state index in [1.54, 1.807) is 7.11 Å². The van der Waals surface area contributed by atoms with Crippen LogP contribution in [0.25, 0.3) is 11.3 Å². The summed E-state index contributed by atoms with van der Waals surface area (Å²) < 4.78 is 12.2. The molecule has 2 aromatic carbocycles. The standard InChI is InChI=1S/C22H23BrN2O3S/c1-13(2)16-10-17(23)14(3)9-20(16)28-11-21(26)25-22-24-18(12-29-22)15-7-5-6-8-19(15)27-4/h5-10,12-13H,11H2,1-4H3,(H,24,25,26). The van der Waals surface area contributed by atoms with Crippen LogP contribution >= 0.6 is 27.3 Å². The first-order valence-electron chi connectivity index (χ1n) is 9.20. The molecule has 0 saturated heterocycles. The number of thiazole rings is 1. The van der Waals surface area contributed by atoms with Gasteiger partial charge in [0.15, 0.2) is 11.7 Å². The molecular weight excluding hydrogens is 452 g/mol. The van der Waals surface area contributed by atoms with E-state index in [0.717, 1.165) is 38.4 Å².